The van der Waals surface area contributed by atoms with Gasteiger partial charge in [-0.3, -0.25) is 9.59 Å². The number of nitrogens with one attached hydrogen (secondary N) is 1. The molecule has 1 amide bonds. The van der Waals surface area contributed by atoms with Crippen molar-refractivity contribution in [2.75, 3.05) is 12.9 Å². The molecule has 2 aliphatic rings. The molecular weight excluding hydrogens is 627 g/mol. The summed E-state index contributed by atoms with van der Waals surface area (Å²) in [5, 5.41) is 2.83. The van der Waals surface area contributed by atoms with E-state index in [0.29, 0.717) is 25.7 Å². The lowest BCUT2D eigenvalue weighted by atomic mass is 9.96. The largest absolute Gasteiger partial charge is 0.467 e. The third-order valence-corrected chi connectivity index (χ3v) is 19.3. The standard InChI is InChI=1S/C21H39NO6SSi.C12H22O2Si/c1-20(2,3)27-19(25)22-15(18(24)26-7)13-29-17-12-14(23)10-11-16(17)28-30(8,9)21(4,5)6;1-12(2,3)15(4,5)14-11-8-6-10(13)7-9-11/h15-17H,10-13H2,1-9H3,(H,22,25);6,8,11H,7,9H2,1-5H3/t15-,16-,17-;11-/m01/s1. The maximum atomic E-state index is 12.2. The van der Waals surface area contributed by atoms with Gasteiger partial charge in [0, 0.05) is 30.3 Å². The van der Waals surface area contributed by atoms with Crippen molar-refractivity contribution >= 4 is 52.0 Å². The maximum Gasteiger partial charge on any atom is 0.408 e. The van der Waals surface area contributed by atoms with E-state index < -0.39 is 40.3 Å². The summed E-state index contributed by atoms with van der Waals surface area (Å²) in [6, 6.07) is -0.861. The van der Waals surface area contributed by atoms with Crippen LogP contribution in [-0.4, -0.2) is 82.2 Å². The number of alkyl carbamates (subject to hydrolysis) is 1. The van der Waals surface area contributed by atoms with Crippen LogP contribution in [0.3, 0.4) is 0 Å². The number of hydrogen-bond donors (Lipinski definition) is 1. The number of ketones is 2. The first-order valence-electron chi connectivity index (χ1n) is 16.1. The number of hydrogen-bond acceptors (Lipinski definition) is 9. The van der Waals surface area contributed by atoms with E-state index in [1.54, 1.807) is 26.8 Å². The van der Waals surface area contributed by atoms with Crippen molar-refractivity contribution in [1.29, 1.82) is 0 Å². The fraction of sp³-hybridized carbons (Fsp3) is 0.818. The average molecular weight is 688 g/mol. The zero-order chi connectivity index (χ0) is 35.0. The number of amides is 1. The van der Waals surface area contributed by atoms with Crippen LogP contribution in [0.1, 0.15) is 94.4 Å². The Labute approximate surface area is 279 Å². The Hall–Kier alpha value is -1.48. The molecule has 4 atom stereocenters. The van der Waals surface area contributed by atoms with Crippen LogP contribution < -0.4 is 5.32 Å². The third-order valence-electron chi connectivity index (χ3n) is 8.88. The highest BCUT2D eigenvalue weighted by atomic mass is 32.2. The lowest BCUT2D eigenvalue weighted by Crippen LogP contribution is -2.49. The molecule has 12 heteroatoms. The first kappa shape index (κ1) is 41.5. The summed E-state index contributed by atoms with van der Waals surface area (Å²) >= 11 is 1.48. The number of carbonyl (C=O) groups is 4. The topological polar surface area (TPSA) is 117 Å². The second-order valence-corrected chi connectivity index (χ2v) is 26.9. The fourth-order valence-corrected chi connectivity index (χ4v) is 8.28. The third kappa shape index (κ3) is 14.4. The van der Waals surface area contributed by atoms with Gasteiger partial charge in [-0.25, -0.2) is 9.59 Å². The van der Waals surface area contributed by atoms with Crippen molar-refractivity contribution in [1.82, 2.24) is 5.32 Å². The number of allylic oxidation sites excluding steroid dienone is 1. The molecule has 0 aromatic heterocycles. The van der Waals surface area contributed by atoms with Gasteiger partial charge in [0.05, 0.1) is 19.3 Å². The van der Waals surface area contributed by atoms with Gasteiger partial charge in [0.25, 0.3) is 0 Å². The normalized spacial score (nSPS) is 22.2. The van der Waals surface area contributed by atoms with E-state index in [2.05, 4.69) is 73.0 Å². The van der Waals surface area contributed by atoms with E-state index >= 15 is 0 Å². The molecule has 260 valence electrons. The summed E-state index contributed by atoms with van der Waals surface area (Å²) in [5.74, 6) is 0.168. The second kappa shape index (κ2) is 16.6. The van der Waals surface area contributed by atoms with Crippen LogP contribution in [0.2, 0.25) is 36.3 Å². The van der Waals surface area contributed by atoms with Crippen LogP contribution in [0.15, 0.2) is 12.2 Å². The fourth-order valence-electron chi connectivity index (χ4n) is 4.12. The van der Waals surface area contributed by atoms with E-state index in [9.17, 15) is 19.2 Å². The Morgan fingerprint density at radius 3 is 1.93 bits per heavy atom. The van der Waals surface area contributed by atoms with Crippen molar-refractivity contribution in [2.45, 2.75) is 160 Å². The molecule has 0 heterocycles. The van der Waals surface area contributed by atoms with Gasteiger partial charge in [0.15, 0.2) is 22.4 Å². The molecule has 0 aliphatic heterocycles. The molecule has 1 N–H and O–H groups in total. The number of Topliss-reactive ketones (excluding diaryl/α,β-unsaturated/α-hetero) is 1. The van der Waals surface area contributed by atoms with Crippen molar-refractivity contribution in [3.8, 4) is 0 Å². The second-order valence-electron chi connectivity index (χ2n) is 16.1. The van der Waals surface area contributed by atoms with Crippen molar-refractivity contribution in [2.24, 2.45) is 0 Å². The van der Waals surface area contributed by atoms with Crippen LogP contribution >= 0.6 is 11.8 Å². The summed E-state index contributed by atoms with van der Waals surface area (Å²) in [6.07, 6.45) is 6.12. The first-order valence-corrected chi connectivity index (χ1v) is 22.9. The predicted molar refractivity (Wildman–Crippen MR) is 188 cm³/mol. The number of rotatable bonds is 9. The summed E-state index contributed by atoms with van der Waals surface area (Å²) in [6.45, 7) is 27.4. The molecule has 0 spiro atoms. The first-order chi connectivity index (χ1) is 20.3. The molecule has 0 saturated heterocycles. The van der Waals surface area contributed by atoms with Gasteiger partial charge in [-0.1, -0.05) is 47.6 Å². The Bertz CT molecular complexity index is 1060. The van der Waals surface area contributed by atoms with Gasteiger partial charge < -0.3 is 23.6 Å². The number of esters is 1. The minimum Gasteiger partial charge on any atom is -0.467 e. The van der Waals surface area contributed by atoms with Gasteiger partial charge in [-0.15, -0.1) is 0 Å². The summed E-state index contributed by atoms with van der Waals surface area (Å²) < 4.78 is 22.9. The monoisotopic (exact) mass is 687 g/mol. The minimum atomic E-state index is -2.00. The van der Waals surface area contributed by atoms with E-state index in [0.717, 1.165) is 6.42 Å². The lowest BCUT2D eigenvalue weighted by Gasteiger charge is -2.42. The lowest BCUT2D eigenvalue weighted by molar-refractivity contribution is -0.142. The van der Waals surface area contributed by atoms with E-state index in [1.807, 2.05) is 6.08 Å². The highest BCUT2D eigenvalue weighted by Gasteiger charge is 2.43. The van der Waals surface area contributed by atoms with E-state index in [1.165, 1.54) is 18.9 Å². The maximum absolute atomic E-state index is 12.2. The highest BCUT2D eigenvalue weighted by molar-refractivity contribution is 8.00. The highest BCUT2D eigenvalue weighted by Crippen LogP contribution is 2.41. The Balaban J connectivity index is 0.000000562. The Morgan fingerprint density at radius 2 is 1.47 bits per heavy atom. The number of thioether (sulfide) groups is 1. The molecule has 0 unspecified atom stereocenters. The summed E-state index contributed by atoms with van der Waals surface area (Å²) in [7, 11) is -2.39. The summed E-state index contributed by atoms with van der Waals surface area (Å²) in [4.78, 5) is 47.5. The number of ether oxygens (including phenoxy) is 2. The van der Waals surface area contributed by atoms with E-state index in [4.69, 9.17) is 18.3 Å². The minimum absolute atomic E-state index is 0.0478. The van der Waals surface area contributed by atoms with Crippen LogP contribution in [-0.2, 0) is 32.7 Å². The van der Waals surface area contributed by atoms with Crippen LogP contribution in [0.4, 0.5) is 4.79 Å². The summed E-state index contributed by atoms with van der Waals surface area (Å²) in [5.41, 5.74) is -0.671. The van der Waals surface area contributed by atoms with E-state index in [-0.39, 0.29) is 44.9 Å². The predicted octanol–water partition coefficient (Wildman–Crippen LogP) is 7.59. The molecule has 2 aliphatic carbocycles. The van der Waals surface area contributed by atoms with Crippen LogP contribution in [0, 0.1) is 0 Å². The molecule has 2 rings (SSSR count). The van der Waals surface area contributed by atoms with Crippen molar-refractivity contribution < 1.29 is 37.5 Å². The molecule has 0 aromatic carbocycles. The average Bonchev–Trinajstić information content (AvgIpc) is 2.86. The molecule has 0 aromatic rings. The smallest absolute Gasteiger partial charge is 0.408 e. The molecule has 9 nitrogen and oxygen atoms in total. The van der Waals surface area contributed by atoms with Gasteiger partial charge in [0.1, 0.15) is 17.4 Å². The van der Waals surface area contributed by atoms with Gasteiger partial charge in [-0.05, 0) is 76.0 Å². The van der Waals surface area contributed by atoms with Gasteiger partial charge >= 0.3 is 12.1 Å². The molecule has 1 saturated carbocycles. The van der Waals surface area contributed by atoms with Gasteiger partial charge in [0.2, 0.25) is 0 Å². The number of carbonyl (C=O) groups excluding carboxylic acids is 4. The Morgan fingerprint density at radius 1 is 0.911 bits per heavy atom. The zero-order valence-electron chi connectivity index (χ0n) is 30.4. The zero-order valence-corrected chi connectivity index (χ0v) is 33.2. The molecule has 1 fully saturated rings. The molecule has 0 radical (unpaired) electrons. The Kier molecular flexibility index (Phi) is 15.3. The SMILES string of the molecule is CC(C)(C)[Si](C)(C)O[C@@H]1C=CC(=O)CC1.COC(=O)[C@H](CS[C@H]1CC(=O)CC[C@@H]1O[Si](C)(C)C(C)(C)C)NC(=O)OC(C)(C)C. The van der Waals surface area contributed by atoms with Crippen LogP contribution in [0.25, 0.3) is 0 Å². The molecular formula is C33H61NO8SSi2. The van der Waals surface area contributed by atoms with Gasteiger partial charge in [-0.2, -0.15) is 11.8 Å². The van der Waals surface area contributed by atoms with Crippen molar-refractivity contribution in [3.05, 3.63) is 12.2 Å². The van der Waals surface area contributed by atoms with Crippen LogP contribution in [0.5, 0.6) is 0 Å². The number of methoxy groups -OCH3 is 1. The molecule has 0 bridgehead atoms. The quantitative estimate of drug-likeness (QED) is 0.193. The van der Waals surface area contributed by atoms with Crippen molar-refractivity contribution in [3.63, 3.8) is 0 Å². The molecule has 45 heavy (non-hydrogen) atoms.